The number of aromatic nitrogens is 2. The minimum Gasteiger partial charge on any atom is -0.311 e. The summed E-state index contributed by atoms with van der Waals surface area (Å²) in [6.45, 7) is 1.92. The Hall–Kier alpha value is -1.32. The first kappa shape index (κ1) is 10.2. The minimum absolute atomic E-state index is 0.118. The zero-order valence-electron chi connectivity index (χ0n) is 8.95. The molecule has 1 aromatic heterocycles. The van der Waals surface area contributed by atoms with Gasteiger partial charge in [-0.25, -0.2) is 4.79 Å². The van der Waals surface area contributed by atoms with E-state index in [0.717, 1.165) is 31.4 Å². The Labute approximate surface area is 88.0 Å². The van der Waals surface area contributed by atoms with E-state index >= 15 is 0 Å². The molecule has 1 aliphatic carbocycles. The van der Waals surface area contributed by atoms with Gasteiger partial charge in [-0.3, -0.25) is 9.36 Å². The van der Waals surface area contributed by atoms with Gasteiger partial charge in [-0.15, -0.1) is 0 Å². The van der Waals surface area contributed by atoms with E-state index in [1.165, 1.54) is 4.57 Å². The van der Waals surface area contributed by atoms with Crippen molar-refractivity contribution in [1.82, 2.24) is 9.55 Å². The van der Waals surface area contributed by atoms with Crippen LogP contribution in [0, 0.1) is 0 Å². The van der Waals surface area contributed by atoms with Crippen LogP contribution in [-0.2, 0) is 6.42 Å². The summed E-state index contributed by atoms with van der Waals surface area (Å²) in [5.74, 6) is 0. The average molecular weight is 208 g/mol. The van der Waals surface area contributed by atoms with E-state index in [-0.39, 0.29) is 17.3 Å². The van der Waals surface area contributed by atoms with Crippen LogP contribution in [0.2, 0.25) is 0 Å². The van der Waals surface area contributed by atoms with Crippen LogP contribution in [0.25, 0.3) is 0 Å². The standard InChI is InChI=1S/C11H16N2O2/c1-2-8-7-10(14)13(11(15)12-8)9-5-3-4-6-9/h7,9H,2-6H2,1H3,(H,12,15). The highest BCUT2D eigenvalue weighted by Crippen LogP contribution is 2.26. The van der Waals surface area contributed by atoms with Crippen LogP contribution in [0.3, 0.4) is 0 Å². The molecule has 0 radical (unpaired) electrons. The molecular formula is C11H16N2O2. The Balaban J connectivity index is 2.47. The summed E-state index contributed by atoms with van der Waals surface area (Å²) < 4.78 is 1.38. The van der Waals surface area contributed by atoms with E-state index in [1.54, 1.807) is 6.07 Å². The number of aromatic amines is 1. The topological polar surface area (TPSA) is 54.9 Å². The summed E-state index contributed by atoms with van der Waals surface area (Å²) in [4.78, 5) is 26.2. The van der Waals surface area contributed by atoms with Crippen molar-refractivity contribution in [3.05, 3.63) is 32.6 Å². The van der Waals surface area contributed by atoms with Crippen LogP contribution in [0.4, 0.5) is 0 Å². The molecule has 1 fully saturated rings. The van der Waals surface area contributed by atoms with Gasteiger partial charge in [0.1, 0.15) is 0 Å². The number of aryl methyl sites for hydroxylation is 1. The normalized spacial score (nSPS) is 17.1. The van der Waals surface area contributed by atoms with Crippen LogP contribution < -0.4 is 11.2 Å². The molecule has 4 nitrogen and oxygen atoms in total. The molecule has 0 aliphatic heterocycles. The molecule has 0 atom stereocenters. The molecule has 1 heterocycles. The van der Waals surface area contributed by atoms with Gasteiger partial charge < -0.3 is 4.98 Å². The van der Waals surface area contributed by atoms with Crippen molar-refractivity contribution in [2.24, 2.45) is 0 Å². The fourth-order valence-corrected chi connectivity index (χ4v) is 2.25. The zero-order valence-corrected chi connectivity index (χ0v) is 8.95. The van der Waals surface area contributed by atoms with Gasteiger partial charge in [-0.2, -0.15) is 0 Å². The third-order valence-electron chi connectivity index (χ3n) is 3.09. The monoisotopic (exact) mass is 208 g/mol. The predicted octanol–water partition coefficient (Wildman–Crippen LogP) is 1.21. The summed E-state index contributed by atoms with van der Waals surface area (Å²) in [6, 6.07) is 1.66. The van der Waals surface area contributed by atoms with Gasteiger partial charge in [0.25, 0.3) is 5.56 Å². The van der Waals surface area contributed by atoms with Gasteiger partial charge >= 0.3 is 5.69 Å². The van der Waals surface area contributed by atoms with Gasteiger partial charge in [0, 0.05) is 17.8 Å². The Morgan fingerprint density at radius 1 is 1.40 bits per heavy atom. The molecule has 1 aliphatic rings. The first-order valence-electron chi connectivity index (χ1n) is 5.57. The molecule has 82 valence electrons. The number of rotatable bonds is 2. The second-order valence-corrected chi connectivity index (χ2v) is 4.10. The van der Waals surface area contributed by atoms with Crippen LogP contribution in [0.15, 0.2) is 15.7 Å². The van der Waals surface area contributed by atoms with Gasteiger partial charge in [0.05, 0.1) is 0 Å². The van der Waals surface area contributed by atoms with Crippen LogP contribution in [-0.4, -0.2) is 9.55 Å². The highest BCUT2D eigenvalue weighted by atomic mass is 16.2. The Morgan fingerprint density at radius 3 is 2.60 bits per heavy atom. The van der Waals surface area contributed by atoms with Crippen LogP contribution in [0.1, 0.15) is 44.3 Å². The highest BCUT2D eigenvalue weighted by Gasteiger charge is 2.20. The molecule has 4 heteroatoms. The molecule has 0 aromatic carbocycles. The van der Waals surface area contributed by atoms with E-state index < -0.39 is 0 Å². The lowest BCUT2D eigenvalue weighted by molar-refractivity contribution is 0.476. The highest BCUT2D eigenvalue weighted by molar-refractivity contribution is 5.00. The molecule has 0 amide bonds. The first-order valence-corrected chi connectivity index (χ1v) is 5.57. The van der Waals surface area contributed by atoms with E-state index in [1.807, 2.05) is 6.92 Å². The summed E-state index contributed by atoms with van der Waals surface area (Å²) in [5, 5.41) is 0. The van der Waals surface area contributed by atoms with Crippen LogP contribution >= 0.6 is 0 Å². The van der Waals surface area contributed by atoms with Crippen molar-refractivity contribution >= 4 is 0 Å². The second kappa shape index (κ2) is 4.04. The number of nitrogens with one attached hydrogen (secondary N) is 1. The maximum absolute atomic E-state index is 11.7. The van der Waals surface area contributed by atoms with Crippen molar-refractivity contribution in [2.45, 2.75) is 45.1 Å². The van der Waals surface area contributed by atoms with Crippen molar-refractivity contribution in [2.75, 3.05) is 0 Å². The molecular weight excluding hydrogens is 192 g/mol. The van der Waals surface area contributed by atoms with E-state index in [4.69, 9.17) is 0 Å². The summed E-state index contributed by atoms with van der Waals surface area (Å²) >= 11 is 0. The zero-order chi connectivity index (χ0) is 10.8. The Kier molecular flexibility index (Phi) is 2.75. The smallest absolute Gasteiger partial charge is 0.311 e. The molecule has 0 unspecified atom stereocenters. The molecule has 1 saturated carbocycles. The van der Waals surface area contributed by atoms with Crippen molar-refractivity contribution in [3.8, 4) is 0 Å². The lowest BCUT2D eigenvalue weighted by Crippen LogP contribution is -2.37. The number of hydrogen-bond donors (Lipinski definition) is 1. The maximum atomic E-state index is 11.7. The SMILES string of the molecule is CCc1cc(=O)n(C2CCCC2)c(=O)[nH]1. The second-order valence-electron chi connectivity index (χ2n) is 4.10. The third-order valence-corrected chi connectivity index (χ3v) is 3.09. The third kappa shape index (κ3) is 1.89. The maximum Gasteiger partial charge on any atom is 0.328 e. The summed E-state index contributed by atoms with van der Waals surface area (Å²) in [6.07, 6.45) is 4.83. The molecule has 1 aromatic rings. The fourth-order valence-electron chi connectivity index (χ4n) is 2.25. The van der Waals surface area contributed by atoms with E-state index in [2.05, 4.69) is 4.98 Å². The summed E-state index contributed by atoms with van der Waals surface area (Å²) in [5.41, 5.74) is 0.327. The fraction of sp³-hybridized carbons (Fsp3) is 0.636. The van der Waals surface area contributed by atoms with Crippen molar-refractivity contribution < 1.29 is 0 Å². The van der Waals surface area contributed by atoms with Crippen molar-refractivity contribution in [3.63, 3.8) is 0 Å². The predicted molar refractivity (Wildman–Crippen MR) is 58.2 cm³/mol. The lowest BCUT2D eigenvalue weighted by atomic mass is 10.2. The Morgan fingerprint density at radius 2 is 2.07 bits per heavy atom. The van der Waals surface area contributed by atoms with Gasteiger partial charge in [-0.05, 0) is 19.3 Å². The first-order chi connectivity index (χ1) is 7.22. The quantitative estimate of drug-likeness (QED) is 0.794. The Bertz CT molecular complexity index is 421. The van der Waals surface area contributed by atoms with Crippen molar-refractivity contribution in [1.29, 1.82) is 0 Å². The number of H-pyrrole nitrogens is 1. The van der Waals surface area contributed by atoms with E-state index in [9.17, 15) is 9.59 Å². The molecule has 0 bridgehead atoms. The largest absolute Gasteiger partial charge is 0.328 e. The van der Waals surface area contributed by atoms with Gasteiger partial charge in [-0.1, -0.05) is 19.8 Å². The molecule has 0 spiro atoms. The lowest BCUT2D eigenvalue weighted by Gasteiger charge is -2.11. The van der Waals surface area contributed by atoms with Gasteiger partial charge in [0.15, 0.2) is 0 Å². The minimum atomic E-state index is -0.244. The average Bonchev–Trinajstić information content (AvgIpc) is 2.69. The molecule has 15 heavy (non-hydrogen) atoms. The molecule has 1 N–H and O–H groups in total. The van der Waals surface area contributed by atoms with E-state index in [0.29, 0.717) is 6.42 Å². The summed E-state index contributed by atoms with van der Waals surface area (Å²) in [7, 11) is 0. The number of nitrogens with zero attached hydrogens (tertiary/aromatic N) is 1. The number of hydrogen-bond acceptors (Lipinski definition) is 2. The molecule has 2 rings (SSSR count). The van der Waals surface area contributed by atoms with Gasteiger partial charge in [0.2, 0.25) is 0 Å². The van der Waals surface area contributed by atoms with Crippen LogP contribution in [0.5, 0.6) is 0 Å². The molecule has 0 saturated heterocycles.